The second-order valence-corrected chi connectivity index (χ2v) is 8.72. The Morgan fingerprint density at radius 2 is 1.71 bits per heavy atom. The minimum atomic E-state index is -1.09. The molecule has 0 bridgehead atoms. The number of amides is 1. The molecule has 0 radical (unpaired) electrons. The number of nitrogens with one attached hydrogen (secondary N) is 1. The number of hydrogen-bond acceptors (Lipinski definition) is 5. The second-order valence-electron chi connectivity index (χ2n) is 7.48. The van der Waals surface area contributed by atoms with Crippen molar-refractivity contribution in [3.63, 3.8) is 0 Å². The fourth-order valence-corrected chi connectivity index (χ4v) is 4.92. The van der Waals surface area contributed by atoms with Gasteiger partial charge in [0.1, 0.15) is 12.6 Å². The molecule has 3 N–H and O–H groups in total. The van der Waals surface area contributed by atoms with Crippen LogP contribution in [0.3, 0.4) is 0 Å². The van der Waals surface area contributed by atoms with Crippen LogP contribution in [0.1, 0.15) is 22.8 Å². The predicted octanol–water partition coefficient (Wildman–Crippen LogP) is 2.43. The molecule has 1 amide bonds. The number of aryl methyl sites for hydroxylation is 1. The third-order valence-corrected chi connectivity index (χ3v) is 6.57. The summed E-state index contributed by atoms with van der Waals surface area (Å²) in [6, 6.07) is 17.5. The van der Waals surface area contributed by atoms with Crippen molar-refractivity contribution < 1.29 is 24.6 Å². The van der Waals surface area contributed by atoms with Gasteiger partial charge < -0.3 is 15.1 Å². The second kappa shape index (κ2) is 11.0. The van der Waals surface area contributed by atoms with Crippen LogP contribution in [0, 0.1) is 0 Å². The van der Waals surface area contributed by atoms with E-state index in [-0.39, 0.29) is 17.7 Å². The van der Waals surface area contributed by atoms with Crippen LogP contribution in [0.5, 0.6) is 0 Å². The number of carbonyl (C=O) groups excluding carboxylic acids is 1. The molecule has 3 unspecified atom stereocenters. The molecule has 0 spiro atoms. The lowest BCUT2D eigenvalue weighted by atomic mass is 10.0. The predicted molar refractivity (Wildman–Crippen MR) is 119 cm³/mol. The van der Waals surface area contributed by atoms with Crippen molar-refractivity contribution in [1.29, 1.82) is 0 Å². The van der Waals surface area contributed by atoms with Crippen molar-refractivity contribution in [3.8, 4) is 0 Å². The minimum Gasteiger partial charge on any atom is -0.480 e. The van der Waals surface area contributed by atoms with Crippen molar-refractivity contribution in [2.75, 3.05) is 18.8 Å². The Balaban J connectivity index is 1.73. The molecule has 1 aliphatic heterocycles. The molecule has 8 heteroatoms. The Kier molecular flexibility index (Phi) is 8.08. The molecule has 7 nitrogen and oxygen atoms in total. The first kappa shape index (κ1) is 22.8. The van der Waals surface area contributed by atoms with Crippen LogP contribution in [-0.2, 0) is 20.8 Å². The van der Waals surface area contributed by atoms with E-state index in [1.807, 2.05) is 60.7 Å². The van der Waals surface area contributed by atoms with Crippen LogP contribution in [0.15, 0.2) is 60.7 Å². The average Bonchev–Trinajstić information content (AvgIpc) is 2.91. The normalized spacial score (nSPS) is 20.1. The van der Waals surface area contributed by atoms with Crippen LogP contribution in [0.25, 0.3) is 0 Å². The zero-order valence-corrected chi connectivity index (χ0v) is 17.8. The van der Waals surface area contributed by atoms with Gasteiger partial charge in [0, 0.05) is 17.5 Å². The highest BCUT2D eigenvalue weighted by molar-refractivity contribution is 7.99. The molecule has 164 valence electrons. The van der Waals surface area contributed by atoms with Gasteiger partial charge in [-0.25, -0.2) is 0 Å². The van der Waals surface area contributed by atoms with Gasteiger partial charge in [-0.05, 0) is 24.0 Å². The molecule has 1 heterocycles. The fourth-order valence-electron chi connectivity index (χ4n) is 3.62. The number of hydrogen-bond donors (Lipinski definition) is 3. The first-order valence-corrected chi connectivity index (χ1v) is 11.2. The largest absolute Gasteiger partial charge is 0.480 e. The van der Waals surface area contributed by atoms with Crippen molar-refractivity contribution >= 4 is 29.6 Å². The lowest BCUT2D eigenvalue weighted by molar-refractivity contribution is -0.146. The lowest BCUT2D eigenvalue weighted by Crippen LogP contribution is -2.53. The van der Waals surface area contributed by atoms with E-state index in [4.69, 9.17) is 0 Å². The fraction of sp³-hybridized carbons (Fsp3) is 0.348. The van der Waals surface area contributed by atoms with E-state index in [0.29, 0.717) is 18.6 Å². The van der Waals surface area contributed by atoms with Gasteiger partial charge >= 0.3 is 11.9 Å². The molecule has 2 aromatic rings. The summed E-state index contributed by atoms with van der Waals surface area (Å²) in [5.74, 6) is -2.13. The van der Waals surface area contributed by atoms with Gasteiger partial charge in [-0.15, -0.1) is 11.8 Å². The molecule has 31 heavy (non-hydrogen) atoms. The molecule has 1 fully saturated rings. The smallest absolute Gasteiger partial charge is 0.323 e. The van der Waals surface area contributed by atoms with Crippen LogP contribution in [-0.4, -0.2) is 63.9 Å². The quantitative estimate of drug-likeness (QED) is 0.548. The van der Waals surface area contributed by atoms with E-state index in [0.717, 1.165) is 11.1 Å². The SMILES string of the molecule is O=C(O)CN1CC(c2ccccc2)SCC(NC(CCc2ccccc2)C(=O)O)C1=O. The van der Waals surface area contributed by atoms with Gasteiger partial charge in [-0.1, -0.05) is 60.7 Å². The third-order valence-electron chi connectivity index (χ3n) is 5.22. The Bertz CT molecular complexity index is 893. The Morgan fingerprint density at radius 1 is 1.06 bits per heavy atom. The van der Waals surface area contributed by atoms with Crippen molar-refractivity contribution in [3.05, 3.63) is 71.8 Å². The summed E-state index contributed by atoms with van der Waals surface area (Å²) in [5.41, 5.74) is 2.03. The standard InChI is InChI=1S/C23H26N2O5S/c26-21(27)14-25-13-20(17-9-5-2-6-10-17)31-15-19(22(25)28)24-18(23(29)30)12-11-16-7-3-1-4-8-16/h1-10,18-20,24H,11-15H2,(H,26,27)(H,29,30). The molecule has 2 aromatic carbocycles. The van der Waals surface area contributed by atoms with E-state index in [9.17, 15) is 24.6 Å². The molecule has 1 saturated heterocycles. The zero-order chi connectivity index (χ0) is 22.2. The van der Waals surface area contributed by atoms with Crippen molar-refractivity contribution in [2.45, 2.75) is 30.2 Å². The van der Waals surface area contributed by atoms with Gasteiger partial charge in [0.05, 0.1) is 6.04 Å². The third kappa shape index (κ3) is 6.57. The molecule has 3 atom stereocenters. The molecular formula is C23H26N2O5S. The van der Waals surface area contributed by atoms with Crippen LogP contribution >= 0.6 is 11.8 Å². The topological polar surface area (TPSA) is 107 Å². The number of thioether (sulfide) groups is 1. The number of carboxylic acid groups (broad SMARTS) is 2. The van der Waals surface area contributed by atoms with Gasteiger partial charge in [0.25, 0.3) is 0 Å². The number of carboxylic acids is 2. The van der Waals surface area contributed by atoms with Crippen molar-refractivity contribution in [1.82, 2.24) is 10.2 Å². The number of benzene rings is 2. The van der Waals surface area contributed by atoms with Crippen LogP contribution < -0.4 is 5.32 Å². The number of rotatable bonds is 9. The van der Waals surface area contributed by atoms with Crippen LogP contribution in [0.4, 0.5) is 0 Å². The number of nitrogens with zero attached hydrogens (tertiary/aromatic N) is 1. The van der Waals surface area contributed by atoms with Gasteiger partial charge in [0.15, 0.2) is 0 Å². The molecule has 0 saturated carbocycles. The average molecular weight is 443 g/mol. The van der Waals surface area contributed by atoms with E-state index in [1.165, 1.54) is 16.7 Å². The van der Waals surface area contributed by atoms with Gasteiger partial charge in [-0.3, -0.25) is 19.7 Å². The summed E-state index contributed by atoms with van der Waals surface area (Å²) >= 11 is 1.54. The molecule has 3 rings (SSSR count). The maximum Gasteiger partial charge on any atom is 0.323 e. The highest BCUT2D eigenvalue weighted by atomic mass is 32.2. The van der Waals surface area contributed by atoms with Gasteiger partial charge in [0.2, 0.25) is 5.91 Å². The van der Waals surface area contributed by atoms with E-state index in [2.05, 4.69) is 5.32 Å². The first-order chi connectivity index (χ1) is 14.9. The summed E-state index contributed by atoms with van der Waals surface area (Å²) in [5, 5.41) is 21.9. The zero-order valence-electron chi connectivity index (χ0n) is 17.0. The summed E-state index contributed by atoms with van der Waals surface area (Å²) in [4.78, 5) is 37.6. The molecular weight excluding hydrogens is 416 g/mol. The molecule has 0 aliphatic carbocycles. The molecule has 1 aliphatic rings. The van der Waals surface area contributed by atoms with Gasteiger partial charge in [-0.2, -0.15) is 0 Å². The summed E-state index contributed by atoms with van der Waals surface area (Å²) in [7, 11) is 0. The minimum absolute atomic E-state index is 0.0797. The summed E-state index contributed by atoms with van der Waals surface area (Å²) in [6.07, 6.45) is 0.888. The highest BCUT2D eigenvalue weighted by Crippen LogP contribution is 2.33. The van der Waals surface area contributed by atoms with E-state index < -0.39 is 30.6 Å². The van der Waals surface area contributed by atoms with Crippen LogP contribution in [0.2, 0.25) is 0 Å². The lowest BCUT2D eigenvalue weighted by Gasteiger charge is -2.26. The Labute approximate surface area is 185 Å². The molecule has 0 aromatic heterocycles. The van der Waals surface area contributed by atoms with E-state index in [1.54, 1.807) is 0 Å². The number of carbonyl (C=O) groups is 3. The van der Waals surface area contributed by atoms with E-state index >= 15 is 0 Å². The Morgan fingerprint density at radius 3 is 2.32 bits per heavy atom. The summed E-state index contributed by atoms with van der Waals surface area (Å²) < 4.78 is 0. The highest BCUT2D eigenvalue weighted by Gasteiger charge is 2.35. The number of aliphatic carboxylic acids is 2. The maximum atomic E-state index is 13.1. The van der Waals surface area contributed by atoms with Crippen molar-refractivity contribution in [2.24, 2.45) is 0 Å². The monoisotopic (exact) mass is 442 g/mol. The maximum absolute atomic E-state index is 13.1. The first-order valence-electron chi connectivity index (χ1n) is 10.1. The Hall–Kier alpha value is -2.84. The summed E-state index contributed by atoms with van der Waals surface area (Å²) in [6.45, 7) is -0.150.